The van der Waals surface area contributed by atoms with E-state index in [1.165, 1.54) is 35.5 Å². The molecule has 32 heavy (non-hydrogen) atoms. The summed E-state index contributed by atoms with van der Waals surface area (Å²) in [4.78, 5) is 26.4. The zero-order valence-electron chi connectivity index (χ0n) is 18.0. The zero-order valence-corrected chi connectivity index (χ0v) is 18.9. The van der Waals surface area contributed by atoms with E-state index in [1.807, 2.05) is 37.3 Å². The number of carbonyl (C=O) groups excluding carboxylic acids is 2. The summed E-state index contributed by atoms with van der Waals surface area (Å²) in [7, 11) is 1.31. The van der Waals surface area contributed by atoms with Gasteiger partial charge in [-0.3, -0.25) is 4.79 Å². The molecule has 0 bridgehead atoms. The molecule has 0 saturated carbocycles. The summed E-state index contributed by atoms with van der Waals surface area (Å²) in [5.74, 6) is -5.21. The fourth-order valence-electron chi connectivity index (χ4n) is 3.77. The van der Waals surface area contributed by atoms with Crippen molar-refractivity contribution < 1.29 is 28.2 Å². The van der Waals surface area contributed by atoms with Gasteiger partial charge in [-0.2, -0.15) is 8.78 Å². The number of thiophene rings is 1. The summed E-state index contributed by atoms with van der Waals surface area (Å²) < 4.78 is 32.9. The Morgan fingerprint density at radius 3 is 2.72 bits per heavy atom. The average molecular weight is 464 g/mol. The molecule has 1 aliphatic heterocycles. The van der Waals surface area contributed by atoms with Crippen molar-refractivity contribution >= 4 is 23.2 Å². The number of hydrogen-bond acceptors (Lipinski definition) is 5. The monoisotopic (exact) mass is 463 g/mol. The Morgan fingerprint density at radius 1 is 1.31 bits per heavy atom. The van der Waals surface area contributed by atoms with Gasteiger partial charge >= 0.3 is 11.9 Å². The number of aliphatic hydroxyl groups is 1. The van der Waals surface area contributed by atoms with Crippen molar-refractivity contribution in [2.24, 2.45) is 0 Å². The molecule has 1 N–H and O–H groups in total. The normalized spacial score (nSPS) is 20.0. The van der Waals surface area contributed by atoms with Gasteiger partial charge in [0.25, 0.3) is 5.91 Å². The molecule has 8 heteroatoms. The Kier molecular flexibility index (Phi) is 7.79. The second-order valence-corrected chi connectivity index (χ2v) is 9.08. The molecule has 1 aliphatic rings. The molecular formula is C24H27F2NO4S. The van der Waals surface area contributed by atoms with E-state index >= 15 is 0 Å². The first-order chi connectivity index (χ1) is 15.2. The molecule has 1 saturated heterocycles. The number of esters is 1. The van der Waals surface area contributed by atoms with Crippen molar-refractivity contribution in [1.82, 2.24) is 4.90 Å². The minimum absolute atomic E-state index is 0.166. The number of carbonyl (C=O) groups is 2. The predicted octanol–water partition coefficient (Wildman–Crippen LogP) is 4.42. The number of nitrogens with zero attached hydrogens (tertiary/aromatic N) is 1. The van der Waals surface area contributed by atoms with Gasteiger partial charge in [0.15, 0.2) is 0 Å². The van der Waals surface area contributed by atoms with Gasteiger partial charge in [0.1, 0.15) is 4.88 Å². The van der Waals surface area contributed by atoms with Gasteiger partial charge < -0.3 is 14.7 Å². The third kappa shape index (κ3) is 5.61. The van der Waals surface area contributed by atoms with E-state index in [9.17, 15) is 23.5 Å². The molecule has 0 aliphatic carbocycles. The molecule has 2 unspecified atom stereocenters. The number of methoxy groups -OCH3 is 1. The van der Waals surface area contributed by atoms with E-state index in [-0.39, 0.29) is 12.5 Å². The highest BCUT2D eigenvalue weighted by molar-refractivity contribution is 7.13. The Hall–Kier alpha value is -2.58. The molecule has 1 aromatic heterocycles. The van der Waals surface area contributed by atoms with Crippen molar-refractivity contribution in [3.63, 3.8) is 0 Å². The first-order valence-corrected chi connectivity index (χ1v) is 11.3. The fourth-order valence-corrected chi connectivity index (χ4v) is 4.74. The van der Waals surface area contributed by atoms with Crippen LogP contribution in [-0.2, 0) is 16.0 Å². The molecule has 5 nitrogen and oxygen atoms in total. The van der Waals surface area contributed by atoms with Crippen molar-refractivity contribution in [1.29, 1.82) is 0 Å². The number of benzene rings is 1. The number of halogens is 2. The first kappa shape index (κ1) is 24.1. The highest BCUT2D eigenvalue weighted by atomic mass is 32.1. The lowest BCUT2D eigenvalue weighted by Crippen LogP contribution is -2.36. The second-order valence-electron chi connectivity index (χ2n) is 7.91. The van der Waals surface area contributed by atoms with Crippen LogP contribution < -0.4 is 0 Å². The van der Waals surface area contributed by atoms with Gasteiger partial charge in [-0.15, -0.1) is 11.3 Å². The van der Waals surface area contributed by atoms with Crippen LogP contribution in [0.25, 0.3) is 0 Å². The van der Waals surface area contributed by atoms with Crippen LogP contribution in [-0.4, -0.2) is 53.6 Å². The number of aryl methyl sites for hydroxylation is 1. The molecule has 3 atom stereocenters. The van der Waals surface area contributed by atoms with E-state index in [4.69, 9.17) is 0 Å². The quantitative estimate of drug-likeness (QED) is 0.442. The number of alkyl halides is 2. The maximum atomic E-state index is 14.1. The van der Waals surface area contributed by atoms with Crippen LogP contribution in [0.4, 0.5) is 8.78 Å². The number of aliphatic hydroxyl groups excluding tert-OH is 1. The molecule has 2 heterocycles. The lowest BCUT2D eigenvalue weighted by Gasteiger charge is -2.22. The van der Waals surface area contributed by atoms with Crippen molar-refractivity contribution in [2.45, 2.75) is 50.2 Å². The number of likely N-dealkylation sites (tertiary alicyclic amines) is 1. The summed E-state index contributed by atoms with van der Waals surface area (Å²) in [6, 6.07) is 12.1. The molecule has 3 rings (SSSR count). The van der Waals surface area contributed by atoms with Crippen molar-refractivity contribution in [3.05, 3.63) is 69.9 Å². The van der Waals surface area contributed by atoms with E-state index in [2.05, 4.69) is 4.74 Å². The molecule has 2 aromatic rings. The Bertz CT molecular complexity index is 960. The highest BCUT2D eigenvalue weighted by Crippen LogP contribution is 2.35. The van der Waals surface area contributed by atoms with Crippen LogP contribution in [0, 0.1) is 0 Å². The van der Waals surface area contributed by atoms with Crippen LogP contribution in [0.3, 0.4) is 0 Å². The minimum atomic E-state index is -3.41. The summed E-state index contributed by atoms with van der Waals surface area (Å²) in [6.45, 7) is 2.03. The topological polar surface area (TPSA) is 66.8 Å². The second kappa shape index (κ2) is 10.4. The van der Waals surface area contributed by atoms with Gasteiger partial charge in [-0.1, -0.05) is 49.4 Å². The summed E-state index contributed by atoms with van der Waals surface area (Å²) in [6.07, 6.45) is 2.61. The molecule has 172 valence electrons. The first-order valence-electron chi connectivity index (χ1n) is 10.5. The van der Waals surface area contributed by atoms with E-state index in [1.54, 1.807) is 12.1 Å². The van der Waals surface area contributed by atoms with E-state index in [0.29, 0.717) is 17.7 Å². The van der Waals surface area contributed by atoms with Crippen LogP contribution in [0.2, 0.25) is 0 Å². The Morgan fingerprint density at radius 2 is 2.03 bits per heavy atom. The SMILES string of the molecule is COC(=O)c1ccc(CCCN2C(=O)C(F)(F)CC2C=CC(O)[C@@H](C)c2ccccc2)s1. The standard InChI is InChI=1S/C24H27F2NO4S/c1-16(17-7-4-3-5-8-17)20(28)12-10-18-15-24(25,26)23(30)27(18)14-6-9-19-11-13-21(32-19)22(29)31-2/h3-5,7-8,10-13,16,18,20,28H,6,9,14-15H2,1-2H3/t16-,18?,20?/m0/s1. The zero-order chi connectivity index (χ0) is 23.3. The number of amides is 1. The highest BCUT2D eigenvalue weighted by Gasteiger charge is 2.52. The van der Waals surface area contributed by atoms with E-state index < -0.39 is 36.4 Å². The summed E-state index contributed by atoms with van der Waals surface area (Å²) in [5.41, 5.74) is 0.941. The smallest absolute Gasteiger partial charge is 0.348 e. The maximum Gasteiger partial charge on any atom is 0.348 e. The van der Waals surface area contributed by atoms with Gasteiger partial charge in [-0.25, -0.2) is 4.79 Å². The summed E-state index contributed by atoms with van der Waals surface area (Å²) >= 11 is 1.29. The van der Waals surface area contributed by atoms with Gasteiger partial charge in [0, 0.05) is 23.8 Å². The van der Waals surface area contributed by atoms with Crippen LogP contribution in [0.5, 0.6) is 0 Å². The van der Waals surface area contributed by atoms with Crippen LogP contribution >= 0.6 is 11.3 Å². The third-order valence-corrected chi connectivity index (χ3v) is 6.80. The molecule has 1 aromatic carbocycles. The van der Waals surface area contributed by atoms with Crippen LogP contribution in [0.15, 0.2) is 54.6 Å². The number of rotatable bonds is 9. The third-order valence-electron chi connectivity index (χ3n) is 5.68. The van der Waals surface area contributed by atoms with E-state index in [0.717, 1.165) is 10.4 Å². The number of hydrogen-bond donors (Lipinski definition) is 1. The molecule has 0 radical (unpaired) electrons. The fraction of sp³-hybridized carbons (Fsp3) is 0.417. The maximum absolute atomic E-state index is 14.1. The molecular weight excluding hydrogens is 436 g/mol. The lowest BCUT2D eigenvalue weighted by molar-refractivity contribution is -0.148. The van der Waals surface area contributed by atoms with Gasteiger partial charge in [0.05, 0.1) is 19.3 Å². The lowest BCUT2D eigenvalue weighted by atomic mass is 9.94. The average Bonchev–Trinajstić information content (AvgIpc) is 3.35. The largest absolute Gasteiger partial charge is 0.465 e. The van der Waals surface area contributed by atoms with Crippen LogP contribution in [0.1, 0.15) is 45.8 Å². The number of ether oxygens (including phenoxy) is 1. The molecule has 1 fully saturated rings. The van der Waals surface area contributed by atoms with Gasteiger partial charge in [-0.05, 0) is 30.5 Å². The summed E-state index contributed by atoms with van der Waals surface area (Å²) in [5, 5.41) is 10.5. The molecule has 1 amide bonds. The molecule has 0 spiro atoms. The Balaban J connectivity index is 1.61. The predicted molar refractivity (Wildman–Crippen MR) is 119 cm³/mol. The van der Waals surface area contributed by atoms with Crippen molar-refractivity contribution in [2.75, 3.05) is 13.7 Å². The van der Waals surface area contributed by atoms with Gasteiger partial charge in [0.2, 0.25) is 0 Å². The minimum Gasteiger partial charge on any atom is -0.465 e. The Labute approximate surface area is 190 Å². The van der Waals surface area contributed by atoms with Crippen molar-refractivity contribution in [3.8, 4) is 0 Å².